The van der Waals surface area contributed by atoms with Crippen LogP contribution < -0.4 is 5.32 Å². The lowest BCUT2D eigenvalue weighted by Gasteiger charge is -2.12. The molecule has 1 N–H and O–H groups in total. The number of nitrogens with zero attached hydrogens (tertiary/aromatic N) is 2. The summed E-state index contributed by atoms with van der Waals surface area (Å²) in [5.41, 5.74) is 1.11. The fourth-order valence-electron chi connectivity index (χ4n) is 1.52. The van der Waals surface area contributed by atoms with Gasteiger partial charge in [0.15, 0.2) is 6.10 Å². The average Bonchev–Trinajstić information content (AvgIpc) is 3.06. The Kier molecular flexibility index (Phi) is 3.36. The molecule has 1 atom stereocenters. The highest BCUT2D eigenvalue weighted by atomic mass is 16.5. The van der Waals surface area contributed by atoms with E-state index in [1.165, 1.54) is 6.20 Å². The summed E-state index contributed by atoms with van der Waals surface area (Å²) in [6.07, 6.45) is 2.68. The first-order chi connectivity index (χ1) is 8.49. The van der Waals surface area contributed by atoms with E-state index >= 15 is 0 Å². The Hall–Kier alpha value is -1.85. The number of ether oxygens (including phenoxy) is 1. The van der Waals surface area contributed by atoms with Gasteiger partial charge in [-0.15, -0.1) is 0 Å². The third-order valence-corrected chi connectivity index (χ3v) is 3.03. The van der Waals surface area contributed by atoms with Crippen molar-refractivity contribution in [3.63, 3.8) is 0 Å². The Bertz CT molecular complexity index is 477. The molecule has 0 saturated heterocycles. The summed E-state index contributed by atoms with van der Waals surface area (Å²) in [5, 5.41) is 6.76. The molecule has 1 fully saturated rings. The maximum absolute atomic E-state index is 11.8. The minimum absolute atomic E-state index is 0.243. The van der Waals surface area contributed by atoms with E-state index in [-0.39, 0.29) is 11.9 Å². The van der Waals surface area contributed by atoms with Gasteiger partial charge in [-0.25, -0.2) is 4.79 Å². The second-order valence-electron chi connectivity index (χ2n) is 4.60. The molecule has 1 aliphatic carbocycles. The van der Waals surface area contributed by atoms with E-state index in [1.807, 2.05) is 0 Å². The van der Waals surface area contributed by atoms with Crippen molar-refractivity contribution in [2.45, 2.75) is 38.8 Å². The first-order valence-electron chi connectivity index (χ1n) is 5.99. The number of hydrogen-bond acceptors (Lipinski definition) is 4. The molecule has 1 amide bonds. The van der Waals surface area contributed by atoms with E-state index in [1.54, 1.807) is 25.6 Å². The fraction of sp³-hybridized carbons (Fsp3) is 0.583. The minimum atomic E-state index is -0.780. The molecule has 0 aliphatic heterocycles. The van der Waals surface area contributed by atoms with E-state index in [4.69, 9.17) is 4.74 Å². The Labute approximate surface area is 105 Å². The average molecular weight is 251 g/mol. The molecule has 6 heteroatoms. The molecule has 0 bridgehead atoms. The highest BCUT2D eigenvalue weighted by Gasteiger charge is 2.27. The topological polar surface area (TPSA) is 73.2 Å². The number of aromatic nitrogens is 2. The van der Waals surface area contributed by atoms with Gasteiger partial charge in [0.2, 0.25) is 0 Å². The van der Waals surface area contributed by atoms with Crippen LogP contribution in [-0.2, 0) is 16.6 Å². The van der Waals surface area contributed by atoms with E-state index in [0.29, 0.717) is 5.56 Å². The first-order valence-corrected chi connectivity index (χ1v) is 5.99. The van der Waals surface area contributed by atoms with Gasteiger partial charge >= 0.3 is 5.97 Å². The van der Waals surface area contributed by atoms with Crippen LogP contribution >= 0.6 is 0 Å². The van der Waals surface area contributed by atoms with E-state index in [2.05, 4.69) is 10.4 Å². The van der Waals surface area contributed by atoms with Crippen molar-refractivity contribution in [2.24, 2.45) is 7.05 Å². The largest absolute Gasteiger partial charge is 0.449 e. The maximum Gasteiger partial charge on any atom is 0.342 e. The second-order valence-corrected chi connectivity index (χ2v) is 4.60. The Morgan fingerprint density at radius 1 is 1.56 bits per heavy atom. The van der Waals surface area contributed by atoms with Crippen molar-refractivity contribution in [1.82, 2.24) is 15.1 Å². The zero-order valence-corrected chi connectivity index (χ0v) is 10.8. The number of aryl methyl sites for hydroxylation is 1. The molecule has 0 radical (unpaired) electrons. The van der Waals surface area contributed by atoms with Crippen LogP contribution in [0, 0.1) is 6.92 Å². The van der Waals surface area contributed by atoms with Gasteiger partial charge in [-0.05, 0) is 26.7 Å². The van der Waals surface area contributed by atoms with Gasteiger partial charge in [-0.1, -0.05) is 0 Å². The molecule has 0 spiro atoms. The quantitative estimate of drug-likeness (QED) is 0.793. The summed E-state index contributed by atoms with van der Waals surface area (Å²) in [4.78, 5) is 23.5. The molecule has 1 aromatic rings. The van der Waals surface area contributed by atoms with Gasteiger partial charge in [0.1, 0.15) is 5.56 Å². The highest BCUT2D eigenvalue weighted by molar-refractivity contribution is 5.93. The molecule has 98 valence electrons. The predicted octanol–water partition coefficient (Wildman–Crippen LogP) is 0.552. The van der Waals surface area contributed by atoms with Crippen molar-refractivity contribution in [1.29, 1.82) is 0 Å². The second kappa shape index (κ2) is 4.80. The van der Waals surface area contributed by atoms with Crippen molar-refractivity contribution < 1.29 is 14.3 Å². The maximum atomic E-state index is 11.8. The number of esters is 1. The van der Waals surface area contributed by atoms with Crippen LogP contribution in [0.3, 0.4) is 0 Å². The number of carbonyl (C=O) groups excluding carboxylic acids is 2. The van der Waals surface area contributed by atoms with E-state index in [0.717, 1.165) is 18.5 Å². The molecule has 1 heterocycles. The smallest absolute Gasteiger partial charge is 0.342 e. The summed E-state index contributed by atoms with van der Waals surface area (Å²) in [5.74, 6) is -0.758. The standard InChI is InChI=1S/C12H17N3O3/c1-7-10(6-13-15(7)3)12(17)18-8(2)11(16)14-9-4-5-9/h6,8-9H,4-5H2,1-3H3,(H,14,16). The van der Waals surface area contributed by atoms with Crippen molar-refractivity contribution in [3.8, 4) is 0 Å². The lowest BCUT2D eigenvalue weighted by molar-refractivity contribution is -0.129. The van der Waals surface area contributed by atoms with E-state index in [9.17, 15) is 9.59 Å². The van der Waals surface area contributed by atoms with Crippen molar-refractivity contribution in [3.05, 3.63) is 17.5 Å². The van der Waals surface area contributed by atoms with Crippen molar-refractivity contribution >= 4 is 11.9 Å². The molecule has 1 unspecified atom stereocenters. The van der Waals surface area contributed by atoms with Gasteiger partial charge in [-0.3, -0.25) is 9.48 Å². The monoisotopic (exact) mass is 251 g/mol. The Morgan fingerprint density at radius 3 is 2.72 bits per heavy atom. The predicted molar refractivity (Wildman–Crippen MR) is 64.0 cm³/mol. The van der Waals surface area contributed by atoms with Gasteiger partial charge in [-0.2, -0.15) is 5.10 Å². The SMILES string of the molecule is Cc1c(C(=O)OC(C)C(=O)NC2CC2)cnn1C. The lowest BCUT2D eigenvalue weighted by Crippen LogP contribution is -2.37. The van der Waals surface area contributed by atoms with Crippen LogP contribution in [0.4, 0.5) is 0 Å². The number of amides is 1. The first kappa shape index (κ1) is 12.6. The van der Waals surface area contributed by atoms with Crippen LogP contribution in [0.5, 0.6) is 0 Å². The zero-order chi connectivity index (χ0) is 13.3. The van der Waals surface area contributed by atoms with Crippen LogP contribution in [-0.4, -0.2) is 33.8 Å². The number of nitrogens with one attached hydrogen (secondary N) is 1. The van der Waals surface area contributed by atoms with Crippen LogP contribution in [0.1, 0.15) is 35.8 Å². The van der Waals surface area contributed by atoms with Crippen molar-refractivity contribution in [2.75, 3.05) is 0 Å². The molecular formula is C12H17N3O3. The summed E-state index contributed by atoms with van der Waals surface area (Å²) >= 11 is 0. The van der Waals surface area contributed by atoms with Gasteiger partial charge < -0.3 is 10.1 Å². The Balaban J connectivity index is 1.93. The van der Waals surface area contributed by atoms with Gasteiger partial charge in [0.05, 0.1) is 6.20 Å². The molecule has 0 aromatic carbocycles. The number of hydrogen-bond donors (Lipinski definition) is 1. The lowest BCUT2D eigenvalue weighted by atomic mass is 10.2. The fourth-order valence-corrected chi connectivity index (χ4v) is 1.52. The third kappa shape index (κ3) is 2.69. The molecule has 2 rings (SSSR count). The summed E-state index contributed by atoms with van der Waals surface area (Å²) in [7, 11) is 1.75. The normalized spacial score (nSPS) is 16.2. The molecule has 1 aromatic heterocycles. The van der Waals surface area contributed by atoms with Gasteiger partial charge in [0.25, 0.3) is 5.91 Å². The summed E-state index contributed by atoms with van der Waals surface area (Å²) in [6, 6.07) is 0.263. The summed E-state index contributed by atoms with van der Waals surface area (Å²) in [6.45, 7) is 3.35. The van der Waals surface area contributed by atoms with Crippen LogP contribution in [0.15, 0.2) is 6.20 Å². The Morgan fingerprint density at radius 2 is 2.22 bits per heavy atom. The van der Waals surface area contributed by atoms with Crippen LogP contribution in [0.25, 0.3) is 0 Å². The molecule has 1 saturated carbocycles. The summed E-state index contributed by atoms with van der Waals surface area (Å²) < 4.78 is 6.71. The number of carbonyl (C=O) groups is 2. The molecular weight excluding hydrogens is 234 g/mol. The van der Waals surface area contributed by atoms with Gasteiger partial charge in [0, 0.05) is 18.8 Å². The zero-order valence-electron chi connectivity index (χ0n) is 10.8. The molecule has 1 aliphatic rings. The number of rotatable bonds is 4. The molecule has 6 nitrogen and oxygen atoms in total. The molecule has 18 heavy (non-hydrogen) atoms. The highest BCUT2D eigenvalue weighted by Crippen LogP contribution is 2.19. The van der Waals surface area contributed by atoms with E-state index < -0.39 is 12.1 Å². The third-order valence-electron chi connectivity index (χ3n) is 3.03. The van der Waals surface area contributed by atoms with Crippen LogP contribution in [0.2, 0.25) is 0 Å². The minimum Gasteiger partial charge on any atom is -0.449 e.